The second-order valence-corrected chi connectivity index (χ2v) is 6.37. The maximum Gasteiger partial charge on any atom is 0.338 e. The summed E-state index contributed by atoms with van der Waals surface area (Å²) >= 11 is 1.19. The fourth-order valence-electron chi connectivity index (χ4n) is 2.21. The SMILES string of the molecule is CSc1ccc(C(=O)OCC(=O)Nc2ccc(NC(C)=O)cc2)cc1[N+](=O)[O-]. The largest absolute Gasteiger partial charge is 0.452 e. The first-order valence-electron chi connectivity index (χ1n) is 7.97. The number of hydrogen-bond donors (Lipinski definition) is 2. The molecule has 28 heavy (non-hydrogen) atoms. The Kier molecular flexibility index (Phi) is 7.10. The smallest absolute Gasteiger partial charge is 0.338 e. The zero-order valence-electron chi connectivity index (χ0n) is 15.1. The number of ether oxygens (including phenoxy) is 1. The van der Waals surface area contributed by atoms with E-state index in [1.54, 1.807) is 30.5 Å². The number of anilines is 2. The van der Waals surface area contributed by atoms with Gasteiger partial charge in [-0.25, -0.2) is 4.79 Å². The Hall–Kier alpha value is -3.40. The van der Waals surface area contributed by atoms with Crippen molar-refractivity contribution in [2.45, 2.75) is 11.8 Å². The van der Waals surface area contributed by atoms with Crippen LogP contribution in [0.3, 0.4) is 0 Å². The third kappa shape index (κ3) is 5.81. The molecular formula is C18H17N3O6S. The van der Waals surface area contributed by atoms with Gasteiger partial charge in [-0.3, -0.25) is 19.7 Å². The normalized spacial score (nSPS) is 10.1. The number of nitrogens with one attached hydrogen (secondary N) is 2. The molecular weight excluding hydrogens is 386 g/mol. The van der Waals surface area contributed by atoms with E-state index in [4.69, 9.17) is 4.74 Å². The van der Waals surface area contributed by atoms with E-state index in [1.165, 1.54) is 30.8 Å². The molecule has 0 bridgehead atoms. The maximum atomic E-state index is 12.1. The van der Waals surface area contributed by atoms with Crippen molar-refractivity contribution in [3.63, 3.8) is 0 Å². The average Bonchev–Trinajstić information content (AvgIpc) is 2.66. The summed E-state index contributed by atoms with van der Waals surface area (Å²) in [6.45, 7) is 0.831. The van der Waals surface area contributed by atoms with Crippen LogP contribution in [0.4, 0.5) is 17.1 Å². The van der Waals surface area contributed by atoms with E-state index < -0.39 is 23.4 Å². The first-order valence-corrected chi connectivity index (χ1v) is 9.19. The summed E-state index contributed by atoms with van der Waals surface area (Å²) in [5, 5.41) is 16.2. The van der Waals surface area contributed by atoms with Gasteiger partial charge < -0.3 is 15.4 Å². The van der Waals surface area contributed by atoms with Crippen molar-refractivity contribution < 1.29 is 24.0 Å². The highest BCUT2D eigenvalue weighted by atomic mass is 32.2. The van der Waals surface area contributed by atoms with Gasteiger partial charge in [-0.15, -0.1) is 11.8 Å². The number of nitrogens with zero attached hydrogens (tertiary/aromatic N) is 1. The first-order chi connectivity index (χ1) is 13.3. The molecule has 0 fully saturated rings. The lowest BCUT2D eigenvalue weighted by Crippen LogP contribution is -2.21. The second-order valence-electron chi connectivity index (χ2n) is 5.53. The fraction of sp³-hybridized carbons (Fsp3) is 0.167. The second kappa shape index (κ2) is 9.51. The van der Waals surface area contributed by atoms with E-state index in [1.807, 2.05) is 0 Å². The highest BCUT2D eigenvalue weighted by molar-refractivity contribution is 7.98. The Balaban J connectivity index is 1.93. The van der Waals surface area contributed by atoms with Crippen LogP contribution in [-0.2, 0) is 14.3 Å². The molecule has 2 rings (SSSR count). The molecule has 0 radical (unpaired) electrons. The summed E-state index contributed by atoms with van der Waals surface area (Å²) in [7, 11) is 0. The quantitative estimate of drug-likeness (QED) is 0.315. The molecule has 10 heteroatoms. The van der Waals surface area contributed by atoms with E-state index in [-0.39, 0.29) is 17.2 Å². The number of hydrogen-bond acceptors (Lipinski definition) is 7. The summed E-state index contributed by atoms with van der Waals surface area (Å²) in [6, 6.07) is 10.3. The van der Waals surface area contributed by atoms with E-state index in [9.17, 15) is 24.5 Å². The van der Waals surface area contributed by atoms with Gasteiger partial charge in [0.1, 0.15) is 0 Å². The van der Waals surface area contributed by atoms with Crippen LogP contribution in [0.15, 0.2) is 47.4 Å². The van der Waals surface area contributed by atoms with E-state index in [2.05, 4.69) is 10.6 Å². The predicted molar refractivity (Wildman–Crippen MR) is 105 cm³/mol. The Bertz CT molecular complexity index is 914. The van der Waals surface area contributed by atoms with Crippen molar-refractivity contribution in [2.24, 2.45) is 0 Å². The van der Waals surface area contributed by atoms with Crippen LogP contribution in [0.25, 0.3) is 0 Å². The van der Waals surface area contributed by atoms with Gasteiger partial charge in [-0.1, -0.05) is 0 Å². The molecule has 0 saturated carbocycles. The number of nitro benzene ring substituents is 1. The van der Waals surface area contributed by atoms with Crippen molar-refractivity contribution in [2.75, 3.05) is 23.5 Å². The Morgan fingerprint density at radius 1 is 1.07 bits per heavy atom. The highest BCUT2D eigenvalue weighted by Crippen LogP contribution is 2.28. The Morgan fingerprint density at radius 2 is 1.68 bits per heavy atom. The molecule has 0 aliphatic heterocycles. The fourth-order valence-corrected chi connectivity index (χ4v) is 2.76. The molecule has 2 amide bonds. The van der Waals surface area contributed by atoms with Crippen molar-refractivity contribution in [3.8, 4) is 0 Å². The molecule has 9 nitrogen and oxygen atoms in total. The van der Waals surface area contributed by atoms with Gasteiger partial charge in [0.25, 0.3) is 11.6 Å². The van der Waals surface area contributed by atoms with Crippen LogP contribution in [0, 0.1) is 10.1 Å². The number of carbonyl (C=O) groups is 3. The minimum atomic E-state index is -0.841. The standard InChI is InChI=1S/C18H17N3O6S/c1-11(22)19-13-4-6-14(7-5-13)20-17(23)10-27-18(24)12-3-8-16(28-2)15(9-12)21(25)26/h3-9H,10H2,1-2H3,(H,19,22)(H,20,23). The average molecular weight is 403 g/mol. The molecule has 0 atom stereocenters. The van der Waals surface area contributed by atoms with Crippen LogP contribution < -0.4 is 10.6 Å². The summed E-state index contributed by atoms with van der Waals surface area (Å²) in [5.74, 6) is -1.63. The first kappa shape index (κ1) is 20.9. The molecule has 0 aliphatic rings. The molecule has 0 spiro atoms. The van der Waals surface area contributed by atoms with Gasteiger partial charge >= 0.3 is 5.97 Å². The van der Waals surface area contributed by atoms with Gasteiger partial charge in [-0.05, 0) is 42.7 Å². The third-order valence-corrected chi connectivity index (χ3v) is 4.22. The van der Waals surface area contributed by atoms with Crippen molar-refractivity contribution in [1.82, 2.24) is 0 Å². The van der Waals surface area contributed by atoms with E-state index in [0.29, 0.717) is 16.3 Å². The minimum absolute atomic E-state index is 0.0167. The van der Waals surface area contributed by atoms with Gasteiger partial charge in [0, 0.05) is 24.4 Å². The van der Waals surface area contributed by atoms with Crippen LogP contribution >= 0.6 is 11.8 Å². The zero-order valence-corrected chi connectivity index (χ0v) is 15.9. The summed E-state index contributed by atoms with van der Waals surface area (Å²) in [6.07, 6.45) is 1.69. The third-order valence-electron chi connectivity index (χ3n) is 3.43. The van der Waals surface area contributed by atoms with Gasteiger partial charge in [0.05, 0.1) is 15.4 Å². The van der Waals surface area contributed by atoms with Gasteiger partial charge in [-0.2, -0.15) is 0 Å². The lowest BCUT2D eigenvalue weighted by molar-refractivity contribution is -0.387. The van der Waals surface area contributed by atoms with Gasteiger partial charge in [0.2, 0.25) is 5.91 Å². The maximum absolute atomic E-state index is 12.1. The lowest BCUT2D eigenvalue weighted by atomic mass is 10.2. The molecule has 0 saturated heterocycles. The molecule has 2 N–H and O–H groups in total. The molecule has 0 aromatic heterocycles. The zero-order chi connectivity index (χ0) is 20.7. The number of thioether (sulfide) groups is 1. The van der Waals surface area contributed by atoms with Crippen LogP contribution in [0.5, 0.6) is 0 Å². The molecule has 146 valence electrons. The molecule has 0 aliphatic carbocycles. The number of rotatable bonds is 7. The van der Waals surface area contributed by atoms with Crippen LogP contribution in [0.2, 0.25) is 0 Å². The molecule has 0 unspecified atom stereocenters. The molecule has 0 heterocycles. The van der Waals surface area contributed by atoms with Crippen LogP contribution in [-0.4, -0.2) is 35.6 Å². The number of benzene rings is 2. The number of carbonyl (C=O) groups excluding carboxylic acids is 3. The Morgan fingerprint density at radius 3 is 2.21 bits per heavy atom. The van der Waals surface area contributed by atoms with E-state index >= 15 is 0 Å². The summed E-state index contributed by atoms with van der Waals surface area (Å²) < 4.78 is 4.91. The van der Waals surface area contributed by atoms with Crippen molar-refractivity contribution in [1.29, 1.82) is 0 Å². The summed E-state index contributed by atoms with van der Waals surface area (Å²) in [5.41, 5.74) is 0.810. The lowest BCUT2D eigenvalue weighted by Gasteiger charge is -2.08. The van der Waals surface area contributed by atoms with Gasteiger partial charge in [0.15, 0.2) is 6.61 Å². The van der Waals surface area contributed by atoms with Crippen LogP contribution in [0.1, 0.15) is 17.3 Å². The highest BCUT2D eigenvalue weighted by Gasteiger charge is 2.18. The number of amides is 2. The van der Waals surface area contributed by atoms with Crippen molar-refractivity contribution in [3.05, 3.63) is 58.1 Å². The molecule has 2 aromatic carbocycles. The topological polar surface area (TPSA) is 128 Å². The monoisotopic (exact) mass is 403 g/mol. The minimum Gasteiger partial charge on any atom is -0.452 e. The number of esters is 1. The Labute approximate surface area is 164 Å². The van der Waals surface area contributed by atoms with E-state index in [0.717, 1.165) is 6.07 Å². The molecule has 2 aromatic rings. The number of nitro groups is 1. The predicted octanol–water partition coefficient (Wildman–Crippen LogP) is 3.07. The van der Waals surface area contributed by atoms with Crippen molar-refractivity contribution >= 4 is 46.6 Å². The summed E-state index contributed by atoms with van der Waals surface area (Å²) in [4.78, 5) is 45.8.